The minimum Gasteiger partial charge on any atom is -0.318 e. The largest absolute Gasteiger partial charge is 0.331 e. The molecule has 0 radical (unpaired) electrons. The van der Waals surface area contributed by atoms with Gasteiger partial charge in [-0.15, -0.1) is 0 Å². The molecule has 0 N–H and O–H groups in total. The lowest BCUT2D eigenvalue weighted by Crippen LogP contribution is -2.09. The van der Waals surface area contributed by atoms with Crippen LogP contribution in [-0.4, -0.2) is 23.2 Å². The van der Waals surface area contributed by atoms with Crippen molar-refractivity contribution < 1.29 is 19.2 Å². The fraction of sp³-hybridized carbons (Fsp3) is 0.120. The van der Waals surface area contributed by atoms with Crippen LogP contribution in [0.4, 0.5) is 0 Å². The molecule has 1 aliphatic rings. The van der Waals surface area contributed by atoms with E-state index in [-0.39, 0.29) is 17.3 Å². The standard InChI is InChI=1S/C25H19NO4S/c1-15-4-3-5-18(12-15)24(28)17-6-8-20(9-7-17)31-21-10-11-22-19(13-21)14-23(25(22)29)26-30-16(2)27/h3-13H,14H2,1-2H3/b26-23-. The van der Waals surface area contributed by atoms with Crippen LogP contribution in [0.5, 0.6) is 0 Å². The highest BCUT2D eigenvalue weighted by Crippen LogP contribution is 2.32. The quantitative estimate of drug-likeness (QED) is 0.323. The van der Waals surface area contributed by atoms with E-state index in [0.717, 1.165) is 20.9 Å². The molecule has 154 valence electrons. The van der Waals surface area contributed by atoms with E-state index in [2.05, 4.69) is 9.99 Å². The lowest BCUT2D eigenvalue weighted by Gasteiger charge is -2.06. The molecule has 3 aromatic carbocycles. The van der Waals surface area contributed by atoms with Gasteiger partial charge in [-0.05, 0) is 61.0 Å². The molecule has 0 saturated carbocycles. The molecule has 0 amide bonds. The van der Waals surface area contributed by atoms with Gasteiger partial charge in [0.25, 0.3) is 0 Å². The van der Waals surface area contributed by atoms with Crippen molar-refractivity contribution >= 4 is 35.0 Å². The van der Waals surface area contributed by atoms with Crippen LogP contribution in [0.3, 0.4) is 0 Å². The minimum atomic E-state index is -0.558. The Hall–Kier alpha value is -3.51. The first-order valence-corrected chi connectivity index (χ1v) is 10.5. The normalized spacial score (nSPS) is 13.9. The molecular formula is C25H19NO4S. The second-order valence-corrected chi connectivity index (χ2v) is 8.42. The summed E-state index contributed by atoms with van der Waals surface area (Å²) in [6.07, 6.45) is 0.333. The second-order valence-electron chi connectivity index (χ2n) is 7.27. The Bertz CT molecular complexity index is 1230. The number of aryl methyl sites for hydroxylation is 1. The lowest BCUT2D eigenvalue weighted by molar-refractivity contribution is -0.140. The molecule has 4 rings (SSSR count). The van der Waals surface area contributed by atoms with E-state index < -0.39 is 5.97 Å². The summed E-state index contributed by atoms with van der Waals surface area (Å²) < 4.78 is 0. The van der Waals surface area contributed by atoms with Crippen molar-refractivity contribution in [2.24, 2.45) is 5.16 Å². The summed E-state index contributed by atoms with van der Waals surface area (Å²) in [5.74, 6) is -0.778. The Morgan fingerprint density at radius 3 is 2.39 bits per heavy atom. The Morgan fingerprint density at radius 2 is 1.68 bits per heavy atom. The Morgan fingerprint density at radius 1 is 0.935 bits per heavy atom. The summed E-state index contributed by atoms with van der Waals surface area (Å²) in [4.78, 5) is 42.5. The summed E-state index contributed by atoms with van der Waals surface area (Å²) in [5, 5.41) is 3.67. The van der Waals surface area contributed by atoms with Crippen molar-refractivity contribution in [3.63, 3.8) is 0 Å². The molecule has 1 aliphatic carbocycles. The molecule has 0 fully saturated rings. The number of nitrogens with zero attached hydrogens (tertiary/aromatic N) is 1. The zero-order chi connectivity index (χ0) is 22.0. The van der Waals surface area contributed by atoms with E-state index in [9.17, 15) is 14.4 Å². The molecule has 31 heavy (non-hydrogen) atoms. The minimum absolute atomic E-state index is 0.00381. The molecule has 0 heterocycles. The summed E-state index contributed by atoms with van der Waals surface area (Å²) in [7, 11) is 0. The summed E-state index contributed by atoms with van der Waals surface area (Å²) in [6, 6.07) is 20.6. The number of benzene rings is 3. The zero-order valence-electron chi connectivity index (χ0n) is 17.0. The maximum absolute atomic E-state index is 12.7. The van der Waals surface area contributed by atoms with Gasteiger partial charge >= 0.3 is 5.97 Å². The fourth-order valence-electron chi connectivity index (χ4n) is 3.37. The van der Waals surface area contributed by atoms with Crippen LogP contribution in [0.15, 0.2) is 81.7 Å². The van der Waals surface area contributed by atoms with Gasteiger partial charge in [-0.2, -0.15) is 0 Å². The lowest BCUT2D eigenvalue weighted by atomic mass is 10.0. The first-order chi connectivity index (χ1) is 14.9. The SMILES string of the molecule is CC(=O)O/N=C1/Cc2cc(Sc3ccc(C(=O)c4cccc(C)c4)cc3)ccc2C1=O. The van der Waals surface area contributed by atoms with Crippen LogP contribution in [0.1, 0.15) is 44.3 Å². The third-order valence-corrected chi connectivity index (χ3v) is 5.86. The zero-order valence-corrected chi connectivity index (χ0v) is 17.9. The molecule has 3 aromatic rings. The topological polar surface area (TPSA) is 72.8 Å². The van der Waals surface area contributed by atoms with Gasteiger partial charge in [0.15, 0.2) is 5.78 Å². The van der Waals surface area contributed by atoms with Gasteiger partial charge in [0.1, 0.15) is 5.71 Å². The van der Waals surface area contributed by atoms with Crippen molar-refractivity contribution in [1.82, 2.24) is 0 Å². The molecule has 0 unspecified atom stereocenters. The van der Waals surface area contributed by atoms with Crippen molar-refractivity contribution in [3.8, 4) is 0 Å². The smallest absolute Gasteiger partial charge is 0.318 e. The number of rotatable bonds is 5. The number of hydrogen-bond acceptors (Lipinski definition) is 6. The summed E-state index contributed by atoms with van der Waals surface area (Å²) in [6.45, 7) is 3.21. The number of Topliss-reactive ketones (excluding diaryl/α,β-unsaturated/α-hetero) is 1. The van der Waals surface area contributed by atoms with Gasteiger partial charge in [0.05, 0.1) is 0 Å². The Labute approximate surface area is 184 Å². The second kappa shape index (κ2) is 8.70. The van der Waals surface area contributed by atoms with Gasteiger partial charge in [-0.3, -0.25) is 9.59 Å². The third kappa shape index (κ3) is 4.64. The van der Waals surface area contributed by atoms with Crippen LogP contribution in [0.2, 0.25) is 0 Å². The number of oxime groups is 1. The average molecular weight is 429 g/mol. The molecule has 5 nitrogen and oxygen atoms in total. The predicted molar refractivity (Wildman–Crippen MR) is 119 cm³/mol. The number of hydrogen-bond donors (Lipinski definition) is 0. The molecule has 6 heteroatoms. The monoisotopic (exact) mass is 429 g/mol. The first-order valence-electron chi connectivity index (χ1n) is 9.72. The Kier molecular flexibility index (Phi) is 5.82. The maximum Gasteiger partial charge on any atom is 0.331 e. The highest BCUT2D eigenvalue weighted by molar-refractivity contribution is 7.99. The maximum atomic E-state index is 12.7. The van der Waals surface area contributed by atoms with Gasteiger partial charge < -0.3 is 4.84 Å². The van der Waals surface area contributed by atoms with Crippen molar-refractivity contribution in [2.45, 2.75) is 30.1 Å². The molecule has 0 bridgehead atoms. The van der Waals surface area contributed by atoms with E-state index in [1.165, 1.54) is 6.92 Å². The van der Waals surface area contributed by atoms with Crippen molar-refractivity contribution in [2.75, 3.05) is 0 Å². The molecule has 0 saturated heterocycles. The molecule has 0 aromatic heterocycles. The highest BCUT2D eigenvalue weighted by Gasteiger charge is 2.27. The van der Waals surface area contributed by atoms with E-state index in [1.807, 2.05) is 67.6 Å². The van der Waals surface area contributed by atoms with E-state index in [4.69, 9.17) is 0 Å². The van der Waals surface area contributed by atoms with E-state index in [0.29, 0.717) is 23.1 Å². The van der Waals surface area contributed by atoms with Crippen LogP contribution in [0, 0.1) is 6.92 Å². The van der Waals surface area contributed by atoms with Gasteiger partial charge in [-0.25, -0.2) is 4.79 Å². The highest BCUT2D eigenvalue weighted by atomic mass is 32.2. The van der Waals surface area contributed by atoms with Gasteiger partial charge in [-0.1, -0.05) is 40.7 Å². The van der Waals surface area contributed by atoms with E-state index >= 15 is 0 Å². The Balaban J connectivity index is 1.48. The first kappa shape index (κ1) is 20.8. The fourth-order valence-corrected chi connectivity index (χ4v) is 4.26. The molecular weight excluding hydrogens is 410 g/mol. The molecule has 0 spiro atoms. The van der Waals surface area contributed by atoms with Crippen molar-refractivity contribution in [3.05, 3.63) is 94.5 Å². The average Bonchev–Trinajstić information content (AvgIpc) is 3.07. The molecule has 0 atom stereocenters. The number of fused-ring (bicyclic) bond motifs is 1. The van der Waals surface area contributed by atoms with Crippen LogP contribution >= 0.6 is 11.8 Å². The third-order valence-electron chi connectivity index (χ3n) is 4.86. The van der Waals surface area contributed by atoms with E-state index in [1.54, 1.807) is 17.8 Å². The van der Waals surface area contributed by atoms with Crippen molar-refractivity contribution in [1.29, 1.82) is 0 Å². The number of carbonyl (C=O) groups is 3. The summed E-state index contributed by atoms with van der Waals surface area (Å²) >= 11 is 1.55. The predicted octanol–water partition coefficient (Wildman–Crippen LogP) is 5.04. The van der Waals surface area contributed by atoms with Gasteiger partial charge in [0.2, 0.25) is 5.78 Å². The molecule has 0 aliphatic heterocycles. The number of ketones is 2. The van der Waals surface area contributed by atoms with Crippen LogP contribution in [-0.2, 0) is 16.1 Å². The van der Waals surface area contributed by atoms with Crippen LogP contribution < -0.4 is 0 Å². The summed E-state index contributed by atoms with van der Waals surface area (Å²) in [5.41, 5.74) is 4.03. The van der Waals surface area contributed by atoms with Crippen LogP contribution in [0.25, 0.3) is 0 Å². The van der Waals surface area contributed by atoms with Gasteiger partial charge in [0, 0.05) is 39.8 Å². The number of carbonyl (C=O) groups excluding carboxylic acids is 3.